The average molecular weight is 287 g/mol. The molecule has 106 valence electrons. The summed E-state index contributed by atoms with van der Waals surface area (Å²) in [5.74, 6) is 1.79. The van der Waals surface area contributed by atoms with Gasteiger partial charge >= 0.3 is 12.3 Å². The highest BCUT2D eigenvalue weighted by Gasteiger charge is 2.31. The fraction of sp³-hybridized carbons (Fsp3) is 0.167. The number of halogens is 3. The van der Waals surface area contributed by atoms with E-state index in [-0.39, 0.29) is 12.0 Å². The van der Waals surface area contributed by atoms with Gasteiger partial charge in [0, 0.05) is 5.56 Å². The van der Waals surface area contributed by atoms with Gasteiger partial charge < -0.3 is 15.6 Å². The van der Waals surface area contributed by atoms with Crippen molar-refractivity contribution in [3.63, 3.8) is 0 Å². The van der Waals surface area contributed by atoms with Crippen molar-refractivity contribution >= 4 is 11.9 Å². The fourth-order valence-electron chi connectivity index (χ4n) is 1.22. The summed E-state index contributed by atoms with van der Waals surface area (Å²) < 4.78 is 39.9. The number of ether oxygens (including phenoxy) is 1. The minimum atomic E-state index is -4.95. The Morgan fingerprint density at radius 3 is 2.45 bits per heavy atom. The number of carboxylic acids is 1. The Balaban J connectivity index is 3.13. The van der Waals surface area contributed by atoms with Gasteiger partial charge in [0.05, 0.1) is 12.0 Å². The highest BCUT2D eigenvalue weighted by molar-refractivity contribution is 5.88. The third kappa shape index (κ3) is 5.30. The molecule has 0 radical (unpaired) electrons. The van der Waals surface area contributed by atoms with Crippen LogP contribution in [0.3, 0.4) is 0 Å². The van der Waals surface area contributed by atoms with Gasteiger partial charge in [-0.2, -0.15) is 0 Å². The number of nitrogens with two attached hydrogens (primary N) is 1. The zero-order chi connectivity index (χ0) is 15.3. The molecule has 0 atom stereocenters. The number of amides is 1. The number of hydrogen-bond acceptors (Lipinski definition) is 3. The molecule has 1 aromatic carbocycles. The first-order valence-electron chi connectivity index (χ1n) is 5.08. The Kier molecular flexibility index (Phi) is 4.59. The molecule has 1 rings (SSSR count). The van der Waals surface area contributed by atoms with E-state index in [4.69, 9.17) is 10.8 Å². The molecule has 0 saturated heterocycles. The molecule has 1 amide bonds. The average Bonchev–Trinajstić information content (AvgIpc) is 2.25. The van der Waals surface area contributed by atoms with E-state index in [1.807, 2.05) is 0 Å². The zero-order valence-corrected chi connectivity index (χ0v) is 9.82. The fourth-order valence-corrected chi connectivity index (χ4v) is 1.22. The van der Waals surface area contributed by atoms with Gasteiger partial charge in [0.2, 0.25) is 5.91 Å². The highest BCUT2D eigenvalue weighted by atomic mass is 19.4. The molecule has 0 aliphatic heterocycles. The number of carbonyl (C=O) groups excluding carboxylic acids is 1. The van der Waals surface area contributed by atoms with Crippen molar-refractivity contribution in [2.45, 2.75) is 12.8 Å². The van der Waals surface area contributed by atoms with Crippen molar-refractivity contribution in [3.8, 4) is 17.6 Å². The number of primary amides is 1. The second-order valence-corrected chi connectivity index (χ2v) is 3.54. The van der Waals surface area contributed by atoms with Crippen LogP contribution < -0.4 is 10.5 Å². The lowest BCUT2D eigenvalue weighted by atomic mass is 10.1. The second kappa shape index (κ2) is 5.97. The van der Waals surface area contributed by atoms with E-state index in [0.29, 0.717) is 0 Å². The summed E-state index contributed by atoms with van der Waals surface area (Å²) in [6, 6.07) is 2.68. The van der Waals surface area contributed by atoms with E-state index in [1.54, 1.807) is 0 Å². The normalized spacial score (nSPS) is 10.3. The molecule has 0 aliphatic rings. The van der Waals surface area contributed by atoms with Gasteiger partial charge in [0.25, 0.3) is 0 Å². The maximum Gasteiger partial charge on any atom is 0.573 e. The van der Waals surface area contributed by atoms with Crippen molar-refractivity contribution in [2.75, 3.05) is 0 Å². The van der Waals surface area contributed by atoms with E-state index in [9.17, 15) is 22.8 Å². The molecule has 0 spiro atoms. The van der Waals surface area contributed by atoms with Crippen LogP contribution in [0.5, 0.6) is 5.75 Å². The molecule has 3 N–H and O–H groups in total. The molecule has 0 saturated carbocycles. The maximum absolute atomic E-state index is 12.1. The summed E-state index contributed by atoms with van der Waals surface area (Å²) in [5, 5.41) is 8.79. The largest absolute Gasteiger partial charge is 0.573 e. The standard InChI is InChI=1S/C12H8F3NO4/c13-12(14,15)20-9-5-7(2-1-3-10(16)17)4-8(6-9)11(18)19/h4-6H,3H2,(H2,16,17)(H,18,19). The van der Waals surface area contributed by atoms with Crippen LogP contribution in [0.15, 0.2) is 18.2 Å². The highest BCUT2D eigenvalue weighted by Crippen LogP contribution is 2.25. The summed E-state index contributed by atoms with van der Waals surface area (Å²) in [5.41, 5.74) is 4.38. The molecule has 0 heterocycles. The van der Waals surface area contributed by atoms with E-state index >= 15 is 0 Å². The first kappa shape index (κ1) is 15.4. The number of hydrogen-bond donors (Lipinski definition) is 2. The summed E-state index contributed by atoms with van der Waals surface area (Å²) in [6.07, 6.45) is -5.25. The van der Waals surface area contributed by atoms with Crippen molar-refractivity contribution < 1.29 is 32.6 Å². The minimum absolute atomic E-state index is 0.0367. The molecule has 0 unspecified atom stereocenters. The van der Waals surface area contributed by atoms with E-state index in [2.05, 4.69) is 16.6 Å². The second-order valence-electron chi connectivity index (χ2n) is 3.54. The van der Waals surface area contributed by atoms with Crippen LogP contribution in [0.1, 0.15) is 22.3 Å². The van der Waals surface area contributed by atoms with Gasteiger partial charge in [-0.3, -0.25) is 4.79 Å². The zero-order valence-electron chi connectivity index (χ0n) is 9.82. The van der Waals surface area contributed by atoms with E-state index in [0.717, 1.165) is 18.2 Å². The van der Waals surface area contributed by atoms with Gasteiger partial charge in [-0.25, -0.2) is 4.79 Å². The van der Waals surface area contributed by atoms with Crippen LogP contribution in [0, 0.1) is 11.8 Å². The molecule has 0 aliphatic carbocycles. The third-order valence-corrected chi connectivity index (χ3v) is 1.88. The summed E-state index contributed by atoms with van der Waals surface area (Å²) in [4.78, 5) is 21.3. The summed E-state index contributed by atoms with van der Waals surface area (Å²) >= 11 is 0. The van der Waals surface area contributed by atoms with Gasteiger partial charge in [0.15, 0.2) is 0 Å². The monoisotopic (exact) mass is 287 g/mol. The molecule has 0 aromatic heterocycles. The third-order valence-electron chi connectivity index (χ3n) is 1.88. The number of carbonyl (C=O) groups is 2. The first-order chi connectivity index (χ1) is 9.17. The minimum Gasteiger partial charge on any atom is -0.478 e. The van der Waals surface area contributed by atoms with Crippen LogP contribution in [-0.4, -0.2) is 23.3 Å². The summed E-state index contributed by atoms with van der Waals surface area (Å²) in [6.45, 7) is 0. The molecule has 1 aromatic rings. The Labute approximate surface area is 111 Å². The van der Waals surface area contributed by atoms with Crippen LogP contribution in [-0.2, 0) is 4.79 Å². The van der Waals surface area contributed by atoms with Crippen LogP contribution in [0.25, 0.3) is 0 Å². The molecule has 0 fully saturated rings. The number of carboxylic acid groups (broad SMARTS) is 1. The van der Waals surface area contributed by atoms with Gasteiger partial charge in [-0.05, 0) is 18.2 Å². The SMILES string of the molecule is NC(=O)CC#Cc1cc(OC(F)(F)F)cc(C(=O)O)c1. The Bertz CT molecular complexity index is 599. The number of benzene rings is 1. The molecular weight excluding hydrogens is 279 g/mol. The van der Waals surface area contributed by atoms with Gasteiger partial charge in [-0.1, -0.05) is 11.8 Å². The maximum atomic E-state index is 12.1. The molecule has 0 bridgehead atoms. The van der Waals surface area contributed by atoms with Crippen molar-refractivity contribution in [3.05, 3.63) is 29.3 Å². The first-order valence-corrected chi connectivity index (χ1v) is 5.08. The molecular formula is C12H8F3NO4. The molecule has 8 heteroatoms. The van der Waals surface area contributed by atoms with Crippen LogP contribution in [0.2, 0.25) is 0 Å². The molecule has 20 heavy (non-hydrogen) atoms. The van der Waals surface area contributed by atoms with E-state index < -0.39 is 29.6 Å². The Hall–Kier alpha value is -2.69. The topological polar surface area (TPSA) is 89.6 Å². The number of aromatic carboxylic acids is 1. The molecule has 5 nitrogen and oxygen atoms in total. The van der Waals surface area contributed by atoms with Gasteiger partial charge in [-0.15, -0.1) is 13.2 Å². The summed E-state index contributed by atoms with van der Waals surface area (Å²) in [7, 11) is 0. The lowest BCUT2D eigenvalue weighted by molar-refractivity contribution is -0.274. The Morgan fingerprint density at radius 1 is 1.30 bits per heavy atom. The predicted octanol–water partition coefficient (Wildman–Crippen LogP) is 1.51. The van der Waals surface area contributed by atoms with Crippen molar-refractivity contribution in [1.29, 1.82) is 0 Å². The number of alkyl halides is 3. The van der Waals surface area contributed by atoms with Crippen LogP contribution >= 0.6 is 0 Å². The van der Waals surface area contributed by atoms with E-state index in [1.165, 1.54) is 0 Å². The quantitative estimate of drug-likeness (QED) is 0.825. The smallest absolute Gasteiger partial charge is 0.478 e. The van der Waals surface area contributed by atoms with Gasteiger partial charge in [0.1, 0.15) is 5.75 Å². The van der Waals surface area contributed by atoms with Crippen molar-refractivity contribution in [1.82, 2.24) is 0 Å². The predicted molar refractivity (Wildman–Crippen MR) is 60.8 cm³/mol. The Morgan fingerprint density at radius 2 is 1.95 bits per heavy atom. The van der Waals surface area contributed by atoms with Crippen LogP contribution in [0.4, 0.5) is 13.2 Å². The lowest BCUT2D eigenvalue weighted by Crippen LogP contribution is -2.17. The number of rotatable bonds is 3. The van der Waals surface area contributed by atoms with Crippen molar-refractivity contribution in [2.24, 2.45) is 5.73 Å². The lowest BCUT2D eigenvalue weighted by Gasteiger charge is -2.09.